The molecule has 7 nitrogen and oxygen atoms in total. The molecule has 1 atom stereocenters. The van der Waals surface area contributed by atoms with Crippen molar-refractivity contribution < 1.29 is 0 Å². The van der Waals surface area contributed by atoms with Gasteiger partial charge in [-0.1, -0.05) is 12.1 Å². The molecule has 5 N–H and O–H groups in total. The minimum absolute atomic E-state index is 0.189. The lowest BCUT2D eigenvalue weighted by Gasteiger charge is -2.17. The Balaban J connectivity index is 1.77. The zero-order chi connectivity index (χ0) is 15.1. The number of anilines is 2. The smallest absolute Gasteiger partial charge is 0.161 e. The molecule has 0 saturated carbocycles. The normalized spacial score (nSPS) is 18.2. The first-order valence-corrected chi connectivity index (χ1v) is 7.29. The minimum Gasteiger partial charge on any atom is -0.382 e. The third kappa shape index (κ3) is 2.15. The summed E-state index contributed by atoms with van der Waals surface area (Å²) in [5.41, 5.74) is 14.4. The highest BCUT2D eigenvalue weighted by molar-refractivity contribution is 5.80. The number of imidazole rings is 1. The number of para-hydroxylation sites is 2. The SMILES string of the molecule is Nc1ncc(N2CCC(N)C2)nc1-c1nc2ccccc2[nH]1. The maximum Gasteiger partial charge on any atom is 0.161 e. The van der Waals surface area contributed by atoms with Crippen LogP contribution in [0.4, 0.5) is 11.6 Å². The number of nitrogens with one attached hydrogen (secondary N) is 1. The number of benzene rings is 1. The van der Waals surface area contributed by atoms with Gasteiger partial charge in [-0.3, -0.25) is 0 Å². The molecule has 1 unspecified atom stereocenters. The van der Waals surface area contributed by atoms with Crippen molar-refractivity contribution in [3.8, 4) is 11.5 Å². The first-order valence-electron chi connectivity index (χ1n) is 7.29. The lowest BCUT2D eigenvalue weighted by Crippen LogP contribution is -2.27. The Morgan fingerprint density at radius 1 is 1.23 bits per heavy atom. The maximum absolute atomic E-state index is 5.99. The summed E-state index contributed by atoms with van der Waals surface area (Å²) < 4.78 is 0. The Morgan fingerprint density at radius 3 is 2.86 bits per heavy atom. The third-order valence-corrected chi connectivity index (χ3v) is 3.95. The molecule has 0 spiro atoms. The summed E-state index contributed by atoms with van der Waals surface area (Å²) in [6.07, 6.45) is 2.66. The fraction of sp³-hybridized carbons (Fsp3) is 0.267. The van der Waals surface area contributed by atoms with Gasteiger partial charge in [-0.05, 0) is 18.6 Å². The van der Waals surface area contributed by atoms with Gasteiger partial charge in [-0.15, -0.1) is 0 Å². The van der Waals surface area contributed by atoms with Crippen LogP contribution >= 0.6 is 0 Å². The van der Waals surface area contributed by atoms with Crippen molar-refractivity contribution in [1.29, 1.82) is 0 Å². The fourth-order valence-corrected chi connectivity index (χ4v) is 2.78. The number of rotatable bonds is 2. The molecular formula is C15H17N7. The molecule has 22 heavy (non-hydrogen) atoms. The van der Waals surface area contributed by atoms with E-state index in [1.54, 1.807) is 6.20 Å². The monoisotopic (exact) mass is 295 g/mol. The number of nitrogens with zero attached hydrogens (tertiary/aromatic N) is 4. The predicted molar refractivity (Wildman–Crippen MR) is 86.3 cm³/mol. The summed E-state index contributed by atoms with van der Waals surface area (Å²) in [7, 11) is 0. The van der Waals surface area contributed by atoms with E-state index in [4.69, 9.17) is 11.5 Å². The van der Waals surface area contributed by atoms with Gasteiger partial charge in [-0.25, -0.2) is 15.0 Å². The van der Waals surface area contributed by atoms with E-state index in [-0.39, 0.29) is 6.04 Å². The molecule has 0 radical (unpaired) electrons. The number of hydrogen-bond acceptors (Lipinski definition) is 6. The second kappa shape index (κ2) is 4.96. The molecule has 0 bridgehead atoms. The number of hydrogen-bond donors (Lipinski definition) is 3. The van der Waals surface area contributed by atoms with Crippen LogP contribution in [0.2, 0.25) is 0 Å². The van der Waals surface area contributed by atoms with Crippen molar-refractivity contribution in [2.45, 2.75) is 12.5 Å². The number of nitrogen functional groups attached to an aromatic ring is 1. The van der Waals surface area contributed by atoms with Crippen LogP contribution in [0.1, 0.15) is 6.42 Å². The van der Waals surface area contributed by atoms with E-state index in [0.29, 0.717) is 17.3 Å². The Hall–Kier alpha value is -2.67. The third-order valence-electron chi connectivity index (χ3n) is 3.95. The number of aromatic nitrogens is 4. The lowest BCUT2D eigenvalue weighted by molar-refractivity contribution is 0.751. The van der Waals surface area contributed by atoms with Crippen LogP contribution in [-0.2, 0) is 0 Å². The first kappa shape index (κ1) is 13.0. The Kier molecular flexibility index (Phi) is 2.93. The summed E-state index contributed by atoms with van der Waals surface area (Å²) in [6.45, 7) is 1.68. The fourth-order valence-electron chi connectivity index (χ4n) is 2.78. The zero-order valence-corrected chi connectivity index (χ0v) is 12.0. The highest BCUT2D eigenvalue weighted by atomic mass is 15.2. The molecule has 112 valence electrons. The van der Waals surface area contributed by atoms with Crippen LogP contribution in [-0.4, -0.2) is 39.1 Å². The van der Waals surface area contributed by atoms with Crippen molar-refractivity contribution in [2.75, 3.05) is 23.7 Å². The van der Waals surface area contributed by atoms with Gasteiger partial charge in [0.2, 0.25) is 0 Å². The molecule has 1 saturated heterocycles. The van der Waals surface area contributed by atoms with Crippen molar-refractivity contribution in [3.63, 3.8) is 0 Å². The van der Waals surface area contributed by atoms with Gasteiger partial charge >= 0.3 is 0 Å². The minimum atomic E-state index is 0.189. The first-order chi connectivity index (χ1) is 10.7. The molecule has 4 rings (SSSR count). The molecule has 3 heterocycles. The molecule has 1 aromatic carbocycles. The average molecular weight is 295 g/mol. The Morgan fingerprint density at radius 2 is 2.09 bits per heavy atom. The Labute approximate surface area is 127 Å². The van der Waals surface area contributed by atoms with Crippen LogP contribution in [0, 0.1) is 0 Å². The van der Waals surface area contributed by atoms with E-state index >= 15 is 0 Å². The summed E-state index contributed by atoms with van der Waals surface area (Å²) in [5.74, 6) is 1.79. The topological polar surface area (TPSA) is 110 Å². The summed E-state index contributed by atoms with van der Waals surface area (Å²) >= 11 is 0. The van der Waals surface area contributed by atoms with Gasteiger partial charge in [-0.2, -0.15) is 0 Å². The molecule has 3 aromatic rings. The lowest BCUT2D eigenvalue weighted by atomic mass is 10.3. The van der Waals surface area contributed by atoms with Gasteiger partial charge in [0.25, 0.3) is 0 Å². The van der Waals surface area contributed by atoms with Crippen molar-refractivity contribution in [2.24, 2.45) is 5.73 Å². The van der Waals surface area contributed by atoms with Gasteiger partial charge < -0.3 is 21.4 Å². The van der Waals surface area contributed by atoms with Crippen LogP contribution in [0.15, 0.2) is 30.5 Å². The largest absolute Gasteiger partial charge is 0.382 e. The second-order valence-corrected chi connectivity index (χ2v) is 5.56. The molecule has 2 aromatic heterocycles. The molecule has 0 aliphatic carbocycles. The summed E-state index contributed by atoms with van der Waals surface area (Å²) in [6, 6.07) is 8.01. The molecule has 7 heteroatoms. The highest BCUT2D eigenvalue weighted by Gasteiger charge is 2.22. The standard InChI is InChI=1S/C15H17N7/c16-9-5-6-22(8-9)12-7-18-14(17)13(21-12)15-19-10-3-1-2-4-11(10)20-15/h1-4,7,9H,5-6,8,16H2,(H2,17,18)(H,19,20). The number of nitrogens with two attached hydrogens (primary N) is 2. The van der Waals surface area contributed by atoms with Crippen LogP contribution < -0.4 is 16.4 Å². The van der Waals surface area contributed by atoms with Gasteiger partial charge in [0.05, 0.1) is 17.2 Å². The molecule has 1 aliphatic rings. The second-order valence-electron chi connectivity index (χ2n) is 5.56. The zero-order valence-electron chi connectivity index (χ0n) is 12.0. The molecule has 1 aliphatic heterocycles. The van der Waals surface area contributed by atoms with Crippen molar-refractivity contribution in [1.82, 2.24) is 19.9 Å². The van der Waals surface area contributed by atoms with Crippen molar-refractivity contribution >= 4 is 22.7 Å². The molecule has 0 amide bonds. The predicted octanol–water partition coefficient (Wildman–Crippen LogP) is 1.14. The van der Waals surface area contributed by atoms with E-state index in [1.807, 2.05) is 24.3 Å². The van der Waals surface area contributed by atoms with Crippen LogP contribution in [0.25, 0.3) is 22.6 Å². The number of aromatic amines is 1. The quantitative estimate of drug-likeness (QED) is 0.654. The Bertz CT molecular complexity index is 793. The van der Waals surface area contributed by atoms with Crippen LogP contribution in [0.5, 0.6) is 0 Å². The van der Waals surface area contributed by atoms with E-state index in [9.17, 15) is 0 Å². The summed E-state index contributed by atoms with van der Waals surface area (Å²) in [5, 5.41) is 0. The van der Waals surface area contributed by atoms with E-state index in [1.165, 1.54) is 0 Å². The number of fused-ring (bicyclic) bond motifs is 1. The molecular weight excluding hydrogens is 278 g/mol. The van der Waals surface area contributed by atoms with Crippen LogP contribution in [0.3, 0.4) is 0 Å². The number of H-pyrrole nitrogens is 1. The van der Waals surface area contributed by atoms with Gasteiger partial charge in [0, 0.05) is 19.1 Å². The van der Waals surface area contributed by atoms with Gasteiger partial charge in [0.15, 0.2) is 17.3 Å². The van der Waals surface area contributed by atoms with E-state index in [2.05, 4.69) is 24.8 Å². The van der Waals surface area contributed by atoms with E-state index < -0.39 is 0 Å². The highest BCUT2D eigenvalue weighted by Crippen LogP contribution is 2.26. The summed E-state index contributed by atoms with van der Waals surface area (Å²) in [4.78, 5) is 18.8. The van der Waals surface area contributed by atoms with Gasteiger partial charge in [0.1, 0.15) is 5.82 Å². The average Bonchev–Trinajstić information content (AvgIpc) is 3.13. The van der Waals surface area contributed by atoms with Crippen molar-refractivity contribution in [3.05, 3.63) is 30.5 Å². The molecule has 1 fully saturated rings. The maximum atomic E-state index is 5.99. The van der Waals surface area contributed by atoms with E-state index in [0.717, 1.165) is 36.4 Å².